The average Bonchev–Trinajstić information content (AvgIpc) is 2.76. The zero-order valence-electron chi connectivity index (χ0n) is 9.20. The van der Waals surface area contributed by atoms with Crippen molar-refractivity contribution in [3.63, 3.8) is 0 Å². The lowest BCUT2D eigenvalue weighted by molar-refractivity contribution is -0.137. The Morgan fingerprint density at radius 2 is 2.17 bits per heavy atom. The molecule has 0 bridgehead atoms. The first-order valence-electron chi connectivity index (χ1n) is 4.96. The second kappa shape index (κ2) is 5.10. The molecule has 0 aliphatic carbocycles. The van der Waals surface area contributed by atoms with Crippen LogP contribution >= 0.6 is 43.2 Å². The summed E-state index contributed by atoms with van der Waals surface area (Å²) in [7, 11) is 1.41. The quantitative estimate of drug-likeness (QED) is 0.776. The average molecular weight is 396 g/mol. The lowest BCUT2D eigenvalue weighted by Gasteiger charge is -2.09. The fourth-order valence-electron chi connectivity index (χ4n) is 1.56. The minimum Gasteiger partial charge on any atom is -0.339 e. The first-order chi connectivity index (χ1) is 8.40. The minimum absolute atomic E-state index is 0.0226. The molecule has 1 aromatic rings. The van der Waals surface area contributed by atoms with Crippen molar-refractivity contribution in [3.8, 4) is 0 Å². The molecule has 1 unspecified atom stereocenters. The van der Waals surface area contributed by atoms with Gasteiger partial charge in [0.1, 0.15) is 6.04 Å². The smallest absolute Gasteiger partial charge is 0.262 e. The summed E-state index contributed by atoms with van der Waals surface area (Å²) in [5, 5.41) is 2.56. The van der Waals surface area contributed by atoms with Gasteiger partial charge in [0.25, 0.3) is 11.8 Å². The van der Waals surface area contributed by atoms with E-state index in [-0.39, 0.29) is 24.1 Å². The summed E-state index contributed by atoms with van der Waals surface area (Å²) in [5.74, 6) is -1.00. The van der Waals surface area contributed by atoms with E-state index in [1.165, 1.54) is 18.4 Å². The van der Waals surface area contributed by atoms with E-state index in [9.17, 15) is 14.4 Å². The van der Waals surface area contributed by atoms with E-state index in [2.05, 4.69) is 37.2 Å². The molecule has 2 rings (SSSR count). The van der Waals surface area contributed by atoms with Crippen LogP contribution in [0.2, 0.25) is 0 Å². The van der Waals surface area contributed by atoms with Crippen LogP contribution in [0.4, 0.5) is 0 Å². The fraction of sp³-hybridized carbons (Fsp3) is 0.300. The summed E-state index contributed by atoms with van der Waals surface area (Å²) in [6, 6.07) is 0.907. The van der Waals surface area contributed by atoms with E-state index in [1.807, 2.05) is 0 Å². The number of rotatable bonds is 2. The van der Waals surface area contributed by atoms with Crippen molar-refractivity contribution < 1.29 is 14.4 Å². The number of nitrogens with one attached hydrogen (secondary N) is 1. The maximum Gasteiger partial charge on any atom is 0.262 e. The lowest BCUT2D eigenvalue weighted by Crippen LogP contribution is -2.40. The van der Waals surface area contributed by atoms with Crippen molar-refractivity contribution in [3.05, 3.63) is 19.2 Å². The number of thiophene rings is 1. The molecule has 1 aliphatic heterocycles. The van der Waals surface area contributed by atoms with E-state index in [0.717, 1.165) is 13.2 Å². The van der Waals surface area contributed by atoms with Gasteiger partial charge < -0.3 is 5.32 Å². The molecule has 96 valence electrons. The van der Waals surface area contributed by atoms with Gasteiger partial charge in [-0.15, -0.1) is 11.3 Å². The van der Waals surface area contributed by atoms with Gasteiger partial charge in [0.05, 0.1) is 15.1 Å². The second-order valence-corrected chi connectivity index (χ2v) is 6.98. The van der Waals surface area contributed by atoms with Gasteiger partial charge in [-0.3, -0.25) is 19.3 Å². The summed E-state index contributed by atoms with van der Waals surface area (Å²) in [6.07, 6.45) is 0.0226. The van der Waals surface area contributed by atoms with E-state index in [1.54, 1.807) is 6.07 Å². The van der Waals surface area contributed by atoms with Crippen LogP contribution < -0.4 is 5.32 Å². The zero-order valence-corrected chi connectivity index (χ0v) is 13.2. The van der Waals surface area contributed by atoms with E-state index < -0.39 is 6.04 Å². The molecule has 2 heterocycles. The molecule has 8 heteroatoms. The highest BCUT2D eigenvalue weighted by Gasteiger charge is 2.37. The standard InChI is InChI=1S/C10H8Br2N2O3S/c1-14-7(15)3-5(10(14)17)13-9(16)6-2-4(11)8(12)18-6/h2,5H,3H2,1H3,(H,13,16). The molecule has 1 N–H and O–H groups in total. The van der Waals surface area contributed by atoms with E-state index in [0.29, 0.717) is 4.88 Å². The molecule has 1 fully saturated rings. The summed E-state index contributed by atoms with van der Waals surface area (Å²) >= 11 is 7.83. The molecule has 5 nitrogen and oxygen atoms in total. The number of hydrogen-bond donors (Lipinski definition) is 1. The highest BCUT2D eigenvalue weighted by Crippen LogP contribution is 2.32. The molecular weight excluding hydrogens is 388 g/mol. The normalized spacial score (nSPS) is 19.5. The molecule has 0 aromatic carbocycles. The van der Waals surface area contributed by atoms with Crippen molar-refractivity contribution in [1.82, 2.24) is 10.2 Å². The number of halogens is 2. The van der Waals surface area contributed by atoms with Crippen molar-refractivity contribution in [2.75, 3.05) is 7.05 Å². The van der Waals surface area contributed by atoms with Gasteiger partial charge >= 0.3 is 0 Å². The molecule has 1 aliphatic rings. The number of amides is 3. The zero-order chi connectivity index (χ0) is 13.4. The van der Waals surface area contributed by atoms with Crippen LogP contribution in [0.15, 0.2) is 14.3 Å². The van der Waals surface area contributed by atoms with Crippen LogP contribution in [-0.2, 0) is 9.59 Å². The van der Waals surface area contributed by atoms with Crippen LogP contribution in [0.3, 0.4) is 0 Å². The number of carbonyl (C=O) groups excluding carboxylic acids is 3. The van der Waals surface area contributed by atoms with Crippen molar-refractivity contribution in [2.24, 2.45) is 0 Å². The molecule has 3 amide bonds. The SMILES string of the molecule is CN1C(=O)CC(NC(=O)c2cc(Br)c(Br)s2)C1=O. The molecule has 1 atom stereocenters. The Balaban J connectivity index is 2.09. The molecule has 18 heavy (non-hydrogen) atoms. The maximum absolute atomic E-state index is 11.9. The summed E-state index contributed by atoms with van der Waals surface area (Å²) < 4.78 is 1.59. The Morgan fingerprint density at radius 3 is 2.61 bits per heavy atom. The predicted octanol–water partition coefficient (Wildman–Crippen LogP) is 1.76. The van der Waals surface area contributed by atoms with E-state index in [4.69, 9.17) is 0 Å². The van der Waals surface area contributed by atoms with Crippen LogP contribution in [0.25, 0.3) is 0 Å². The van der Waals surface area contributed by atoms with Crippen LogP contribution in [0.1, 0.15) is 16.1 Å². The van der Waals surface area contributed by atoms with Crippen molar-refractivity contribution in [2.45, 2.75) is 12.5 Å². The Hall–Kier alpha value is -0.730. The Kier molecular flexibility index (Phi) is 3.88. The Bertz CT molecular complexity index is 524. The third-order valence-corrected chi connectivity index (χ3v) is 5.81. The second-order valence-electron chi connectivity index (χ2n) is 3.75. The number of likely N-dealkylation sites (N-methyl/N-ethyl adjacent to an activating group) is 1. The van der Waals surface area contributed by atoms with Crippen LogP contribution in [0, 0.1) is 0 Å². The third kappa shape index (κ3) is 2.50. The van der Waals surface area contributed by atoms with Gasteiger partial charge in [0, 0.05) is 11.5 Å². The highest BCUT2D eigenvalue weighted by molar-refractivity contribution is 9.13. The van der Waals surface area contributed by atoms with Gasteiger partial charge in [-0.1, -0.05) is 0 Å². The number of likely N-dealkylation sites (tertiary alicyclic amines) is 1. The van der Waals surface area contributed by atoms with Gasteiger partial charge in [-0.2, -0.15) is 0 Å². The molecular formula is C10H8Br2N2O3S. The largest absolute Gasteiger partial charge is 0.339 e. The van der Waals surface area contributed by atoms with Gasteiger partial charge in [-0.25, -0.2) is 0 Å². The topological polar surface area (TPSA) is 66.5 Å². The summed E-state index contributed by atoms with van der Waals surface area (Å²) in [4.78, 5) is 36.4. The van der Waals surface area contributed by atoms with Crippen molar-refractivity contribution in [1.29, 1.82) is 0 Å². The number of carbonyl (C=O) groups is 3. The van der Waals surface area contributed by atoms with Gasteiger partial charge in [0.15, 0.2) is 0 Å². The highest BCUT2D eigenvalue weighted by atomic mass is 79.9. The van der Waals surface area contributed by atoms with Crippen LogP contribution in [0.5, 0.6) is 0 Å². The van der Waals surface area contributed by atoms with E-state index >= 15 is 0 Å². The third-order valence-electron chi connectivity index (χ3n) is 2.56. The maximum atomic E-state index is 11.9. The summed E-state index contributed by atoms with van der Waals surface area (Å²) in [6.45, 7) is 0. The molecule has 1 saturated heterocycles. The fourth-order valence-corrected chi connectivity index (χ4v) is 3.49. The monoisotopic (exact) mass is 394 g/mol. The lowest BCUT2D eigenvalue weighted by atomic mass is 10.2. The predicted molar refractivity (Wildman–Crippen MR) is 73.4 cm³/mol. The number of imide groups is 1. The molecule has 0 saturated carbocycles. The molecule has 1 aromatic heterocycles. The molecule has 0 spiro atoms. The Morgan fingerprint density at radius 1 is 1.50 bits per heavy atom. The first kappa shape index (κ1) is 13.7. The summed E-state index contributed by atoms with van der Waals surface area (Å²) in [5.41, 5.74) is 0. The number of nitrogens with zero attached hydrogens (tertiary/aromatic N) is 1. The van der Waals surface area contributed by atoms with Crippen molar-refractivity contribution >= 4 is 60.9 Å². The molecule has 0 radical (unpaired) electrons. The van der Waals surface area contributed by atoms with Gasteiger partial charge in [-0.05, 0) is 37.9 Å². The van der Waals surface area contributed by atoms with Gasteiger partial charge in [0.2, 0.25) is 5.91 Å². The minimum atomic E-state index is -0.755. The van der Waals surface area contributed by atoms with Crippen LogP contribution in [-0.4, -0.2) is 35.7 Å². The Labute approximate surface area is 124 Å². The number of hydrogen-bond acceptors (Lipinski definition) is 4. The first-order valence-corrected chi connectivity index (χ1v) is 7.36.